The van der Waals surface area contributed by atoms with Gasteiger partial charge < -0.3 is 14.4 Å². The lowest BCUT2D eigenvalue weighted by molar-refractivity contribution is -0.140. The van der Waals surface area contributed by atoms with Crippen LogP contribution in [-0.4, -0.2) is 45.8 Å². The van der Waals surface area contributed by atoms with Gasteiger partial charge in [-0.1, -0.05) is 54.8 Å². The number of hydrogen-bond donors (Lipinski definition) is 0. The third-order valence-corrected chi connectivity index (χ3v) is 5.76. The molecule has 1 aromatic heterocycles. The highest BCUT2D eigenvalue weighted by molar-refractivity contribution is 9.10. The van der Waals surface area contributed by atoms with Gasteiger partial charge in [0.2, 0.25) is 11.8 Å². The van der Waals surface area contributed by atoms with E-state index in [0.717, 1.165) is 42.4 Å². The summed E-state index contributed by atoms with van der Waals surface area (Å²) in [5, 5.41) is 0. The Morgan fingerprint density at radius 2 is 1.60 bits per heavy atom. The van der Waals surface area contributed by atoms with Gasteiger partial charge in [-0.15, -0.1) is 0 Å². The van der Waals surface area contributed by atoms with Gasteiger partial charge in [-0.2, -0.15) is 0 Å². The quantitative estimate of drug-likeness (QED) is 0.429. The molecule has 6 heteroatoms. The molecule has 0 spiro atoms. The molecule has 0 saturated carbocycles. The minimum atomic E-state index is -0.0362. The second-order valence-corrected chi connectivity index (χ2v) is 8.63. The van der Waals surface area contributed by atoms with Crippen LogP contribution in [0.5, 0.6) is 0 Å². The number of carbonyl (C=O) groups excluding carboxylic acids is 2. The van der Waals surface area contributed by atoms with Gasteiger partial charge in [0, 0.05) is 42.9 Å². The first-order chi connectivity index (χ1) is 14.4. The van der Waals surface area contributed by atoms with Crippen molar-refractivity contribution in [2.24, 2.45) is 0 Å². The molecule has 0 saturated heterocycles. The van der Waals surface area contributed by atoms with Crippen molar-refractivity contribution < 1.29 is 9.59 Å². The van der Waals surface area contributed by atoms with Crippen LogP contribution in [0.4, 0.5) is 0 Å². The van der Waals surface area contributed by atoms with E-state index in [9.17, 15) is 9.59 Å². The third-order valence-electron chi connectivity index (χ3n) is 5.23. The SMILES string of the molecule is CCCCN(CC(=O)N(CCCC)Cc1cccn1Cc1ccc(Br)cc1)C(C)=O. The highest BCUT2D eigenvalue weighted by Gasteiger charge is 2.20. The first-order valence-corrected chi connectivity index (χ1v) is 11.7. The van der Waals surface area contributed by atoms with Crippen LogP contribution in [0.1, 0.15) is 57.7 Å². The van der Waals surface area contributed by atoms with E-state index in [1.165, 1.54) is 5.56 Å². The molecule has 0 unspecified atom stereocenters. The summed E-state index contributed by atoms with van der Waals surface area (Å²) in [4.78, 5) is 28.6. The summed E-state index contributed by atoms with van der Waals surface area (Å²) in [6, 6.07) is 12.4. The Kier molecular flexibility index (Phi) is 10.1. The molecule has 2 rings (SSSR count). The van der Waals surface area contributed by atoms with Gasteiger partial charge in [0.25, 0.3) is 0 Å². The van der Waals surface area contributed by atoms with Gasteiger partial charge in [0.15, 0.2) is 0 Å². The Morgan fingerprint density at radius 3 is 2.20 bits per heavy atom. The number of aromatic nitrogens is 1. The molecular weight excluding hydrogens is 442 g/mol. The zero-order valence-electron chi connectivity index (χ0n) is 18.4. The van der Waals surface area contributed by atoms with E-state index in [4.69, 9.17) is 0 Å². The molecule has 0 fully saturated rings. The number of hydrogen-bond acceptors (Lipinski definition) is 2. The molecule has 0 N–H and O–H groups in total. The Bertz CT molecular complexity index is 801. The average molecular weight is 476 g/mol. The van der Waals surface area contributed by atoms with Gasteiger partial charge >= 0.3 is 0 Å². The zero-order valence-corrected chi connectivity index (χ0v) is 20.0. The van der Waals surface area contributed by atoms with E-state index in [2.05, 4.69) is 58.7 Å². The van der Waals surface area contributed by atoms with Gasteiger partial charge in [-0.25, -0.2) is 0 Å². The van der Waals surface area contributed by atoms with Gasteiger partial charge in [-0.05, 0) is 42.7 Å². The molecule has 0 aliphatic rings. The lowest BCUT2D eigenvalue weighted by atomic mass is 10.2. The van der Waals surface area contributed by atoms with E-state index in [1.54, 1.807) is 11.8 Å². The number of benzene rings is 1. The average Bonchev–Trinajstić information content (AvgIpc) is 3.16. The molecule has 1 aromatic carbocycles. The molecule has 30 heavy (non-hydrogen) atoms. The minimum Gasteiger partial charge on any atom is -0.345 e. The van der Waals surface area contributed by atoms with E-state index >= 15 is 0 Å². The number of unbranched alkanes of at least 4 members (excludes halogenated alkanes) is 2. The second kappa shape index (κ2) is 12.6. The van der Waals surface area contributed by atoms with E-state index in [0.29, 0.717) is 19.6 Å². The second-order valence-electron chi connectivity index (χ2n) is 7.72. The van der Waals surface area contributed by atoms with Crippen LogP contribution in [0.3, 0.4) is 0 Å². The molecule has 164 valence electrons. The fraction of sp³-hybridized carbons (Fsp3) is 0.500. The zero-order chi connectivity index (χ0) is 21.9. The van der Waals surface area contributed by atoms with Gasteiger partial charge in [0.1, 0.15) is 0 Å². The summed E-state index contributed by atoms with van der Waals surface area (Å²) < 4.78 is 3.25. The normalized spacial score (nSPS) is 10.8. The molecule has 0 atom stereocenters. The molecule has 0 bridgehead atoms. The lowest BCUT2D eigenvalue weighted by Gasteiger charge is -2.27. The first-order valence-electron chi connectivity index (χ1n) is 10.9. The first kappa shape index (κ1) is 24.2. The van der Waals surface area contributed by atoms with Crippen LogP contribution in [0, 0.1) is 0 Å². The lowest BCUT2D eigenvalue weighted by Crippen LogP contribution is -2.43. The largest absolute Gasteiger partial charge is 0.345 e. The van der Waals surface area contributed by atoms with Crippen molar-refractivity contribution in [3.63, 3.8) is 0 Å². The maximum atomic E-state index is 13.1. The Hall–Kier alpha value is -2.08. The maximum Gasteiger partial charge on any atom is 0.242 e. The van der Waals surface area contributed by atoms with Crippen LogP contribution in [0.15, 0.2) is 47.1 Å². The third kappa shape index (κ3) is 7.63. The summed E-state index contributed by atoms with van der Waals surface area (Å²) in [7, 11) is 0. The molecule has 0 aliphatic heterocycles. The molecular formula is C24H34BrN3O2. The summed E-state index contributed by atoms with van der Waals surface area (Å²) in [6.07, 6.45) is 5.95. The van der Waals surface area contributed by atoms with Gasteiger partial charge in [0.05, 0.1) is 13.1 Å². The van der Waals surface area contributed by atoms with Crippen LogP contribution in [0.2, 0.25) is 0 Å². The van der Waals surface area contributed by atoms with E-state index in [-0.39, 0.29) is 18.4 Å². The van der Waals surface area contributed by atoms with Crippen molar-refractivity contribution in [1.29, 1.82) is 0 Å². The number of amides is 2. The molecule has 2 aromatic rings. The van der Waals surface area contributed by atoms with Crippen LogP contribution >= 0.6 is 15.9 Å². The molecule has 0 aliphatic carbocycles. The monoisotopic (exact) mass is 475 g/mol. The van der Waals surface area contributed by atoms with Crippen molar-refractivity contribution in [2.45, 2.75) is 59.5 Å². The smallest absolute Gasteiger partial charge is 0.242 e. The predicted octanol–water partition coefficient (Wildman–Crippen LogP) is 5.08. The van der Waals surface area contributed by atoms with Crippen molar-refractivity contribution in [2.75, 3.05) is 19.6 Å². The fourth-order valence-electron chi connectivity index (χ4n) is 3.33. The van der Waals surface area contributed by atoms with Crippen LogP contribution in [-0.2, 0) is 22.7 Å². The van der Waals surface area contributed by atoms with E-state index in [1.807, 2.05) is 23.1 Å². The molecule has 0 radical (unpaired) electrons. The van der Waals surface area contributed by atoms with Crippen LogP contribution in [0.25, 0.3) is 0 Å². The van der Waals surface area contributed by atoms with Crippen molar-refractivity contribution in [3.05, 3.63) is 58.3 Å². The van der Waals surface area contributed by atoms with Crippen molar-refractivity contribution in [3.8, 4) is 0 Å². The number of nitrogens with zero attached hydrogens (tertiary/aromatic N) is 3. The van der Waals surface area contributed by atoms with E-state index < -0.39 is 0 Å². The highest BCUT2D eigenvalue weighted by atomic mass is 79.9. The Labute approximate surface area is 189 Å². The summed E-state index contributed by atoms with van der Waals surface area (Å²) in [6.45, 7) is 8.59. The molecule has 5 nitrogen and oxygen atoms in total. The van der Waals surface area contributed by atoms with Crippen molar-refractivity contribution >= 4 is 27.7 Å². The standard InChI is InChI=1S/C24H34BrN3O2/c1-4-6-14-26(20(3)29)19-24(30)28(15-7-5-2)18-23-9-8-16-27(23)17-21-10-12-22(25)13-11-21/h8-13,16H,4-7,14-15,17-19H2,1-3H3. The topological polar surface area (TPSA) is 45.6 Å². The van der Waals surface area contributed by atoms with Crippen molar-refractivity contribution in [1.82, 2.24) is 14.4 Å². The fourth-order valence-corrected chi connectivity index (χ4v) is 3.59. The van der Waals surface area contributed by atoms with Crippen LogP contribution < -0.4 is 0 Å². The highest BCUT2D eigenvalue weighted by Crippen LogP contribution is 2.15. The number of halogens is 1. The Balaban J connectivity index is 2.10. The summed E-state index contributed by atoms with van der Waals surface area (Å²) >= 11 is 3.48. The summed E-state index contributed by atoms with van der Waals surface area (Å²) in [5.74, 6) is -0.0167. The molecule has 2 amide bonds. The maximum absolute atomic E-state index is 13.1. The predicted molar refractivity (Wildman–Crippen MR) is 125 cm³/mol. The number of rotatable bonds is 12. The number of carbonyl (C=O) groups is 2. The molecule has 1 heterocycles. The summed E-state index contributed by atoms with van der Waals surface area (Å²) in [5.41, 5.74) is 2.31. The minimum absolute atomic E-state index is 0.0196. The Morgan fingerprint density at radius 1 is 0.967 bits per heavy atom. The van der Waals surface area contributed by atoms with Gasteiger partial charge in [-0.3, -0.25) is 9.59 Å².